The number of amides is 1. The first kappa shape index (κ1) is 21.7. The van der Waals surface area contributed by atoms with Gasteiger partial charge in [-0.3, -0.25) is 9.69 Å². The first-order valence-electron chi connectivity index (χ1n) is 9.85. The number of ether oxygens (including phenoxy) is 1. The molecule has 2 heterocycles. The van der Waals surface area contributed by atoms with Crippen molar-refractivity contribution in [3.63, 3.8) is 0 Å². The highest BCUT2D eigenvalue weighted by atomic mass is 79.9. The third-order valence-corrected chi connectivity index (χ3v) is 5.71. The van der Waals surface area contributed by atoms with E-state index in [0.717, 1.165) is 11.0 Å². The van der Waals surface area contributed by atoms with Gasteiger partial charge in [0.25, 0.3) is 5.91 Å². The van der Waals surface area contributed by atoms with Gasteiger partial charge < -0.3 is 14.7 Å². The molecule has 1 aromatic carbocycles. The van der Waals surface area contributed by atoms with Gasteiger partial charge in [-0.1, -0.05) is 37.3 Å². The maximum absolute atomic E-state index is 13.1. The molecule has 3 rings (SSSR count). The molecule has 0 fully saturated rings. The largest absolute Gasteiger partial charge is 0.472 e. The van der Waals surface area contributed by atoms with Gasteiger partial charge in [0.2, 0.25) is 5.88 Å². The van der Waals surface area contributed by atoms with Crippen LogP contribution in [0.15, 0.2) is 47.1 Å². The quantitative estimate of drug-likeness (QED) is 0.715. The fourth-order valence-electron chi connectivity index (χ4n) is 3.56. The molecule has 1 aromatic heterocycles. The van der Waals surface area contributed by atoms with Gasteiger partial charge in [-0.05, 0) is 41.5 Å². The van der Waals surface area contributed by atoms with Crippen LogP contribution >= 0.6 is 15.9 Å². The van der Waals surface area contributed by atoms with Crippen molar-refractivity contribution >= 4 is 21.8 Å². The molecule has 7 heteroatoms. The number of rotatable bonds is 6. The van der Waals surface area contributed by atoms with Gasteiger partial charge in [-0.25, -0.2) is 4.98 Å². The number of benzene rings is 1. The molecular weight excluding hydrogens is 434 g/mol. The molecule has 0 unspecified atom stereocenters. The number of aromatic nitrogens is 1. The molecule has 0 saturated heterocycles. The van der Waals surface area contributed by atoms with E-state index in [1.165, 1.54) is 5.56 Å². The molecule has 6 nitrogen and oxygen atoms in total. The maximum Gasteiger partial charge on any atom is 0.259 e. The standard InChI is InChI=1S/C22H28BrN3O3/c1-15-11-26(16(2)14-27)22(28)19-9-18(23)10-24-21(19)29-20(15)13-25(3)12-17-7-5-4-6-8-17/h4-10,15-16,20,27H,11-14H2,1-3H3/t15-,16-,20+/m1/s1. The number of carbonyl (C=O) groups excluding carboxylic acids is 1. The third kappa shape index (κ3) is 5.35. The van der Waals surface area contributed by atoms with Crippen molar-refractivity contribution < 1.29 is 14.6 Å². The van der Waals surface area contributed by atoms with E-state index < -0.39 is 0 Å². The van der Waals surface area contributed by atoms with Crippen LogP contribution in [0.1, 0.15) is 29.8 Å². The Kier molecular flexibility index (Phi) is 7.27. The number of nitrogens with zero attached hydrogens (tertiary/aromatic N) is 3. The normalized spacial score (nSPS) is 20.6. The number of halogens is 1. The lowest BCUT2D eigenvalue weighted by molar-refractivity contribution is 0.0325. The number of pyridine rings is 1. The third-order valence-electron chi connectivity index (χ3n) is 5.27. The molecule has 1 aliphatic rings. The highest BCUT2D eigenvalue weighted by Gasteiger charge is 2.34. The van der Waals surface area contributed by atoms with Crippen molar-refractivity contribution in [3.05, 3.63) is 58.2 Å². The van der Waals surface area contributed by atoms with Gasteiger partial charge in [0.05, 0.1) is 12.6 Å². The fourth-order valence-corrected chi connectivity index (χ4v) is 3.89. The number of carbonyl (C=O) groups is 1. The van der Waals surface area contributed by atoms with Crippen molar-refractivity contribution in [3.8, 4) is 5.88 Å². The molecule has 1 aliphatic heterocycles. The fraction of sp³-hybridized carbons (Fsp3) is 0.455. The Hall–Kier alpha value is -1.96. The van der Waals surface area contributed by atoms with E-state index in [0.29, 0.717) is 24.5 Å². The monoisotopic (exact) mass is 461 g/mol. The summed E-state index contributed by atoms with van der Waals surface area (Å²) >= 11 is 3.39. The van der Waals surface area contributed by atoms with E-state index in [4.69, 9.17) is 4.74 Å². The first-order valence-corrected chi connectivity index (χ1v) is 10.6. The number of aliphatic hydroxyl groups excluding tert-OH is 1. The average molecular weight is 462 g/mol. The number of likely N-dealkylation sites (N-methyl/N-ethyl adjacent to an activating group) is 1. The SMILES string of the molecule is C[C@@H]1CN([C@H](C)CO)C(=O)c2cc(Br)cnc2O[C@H]1CN(C)Cc1ccccc1. The van der Waals surface area contributed by atoms with Crippen LogP contribution in [0.25, 0.3) is 0 Å². The number of hydrogen-bond donors (Lipinski definition) is 1. The Labute approximate surface area is 180 Å². The van der Waals surface area contributed by atoms with Crippen molar-refractivity contribution in [1.82, 2.24) is 14.8 Å². The van der Waals surface area contributed by atoms with E-state index in [-0.39, 0.29) is 30.6 Å². The highest BCUT2D eigenvalue weighted by Crippen LogP contribution is 2.28. The summed E-state index contributed by atoms with van der Waals surface area (Å²) in [5.74, 6) is 0.251. The second-order valence-electron chi connectivity index (χ2n) is 7.81. The lowest BCUT2D eigenvalue weighted by Gasteiger charge is -2.37. The van der Waals surface area contributed by atoms with Crippen molar-refractivity contribution in [2.45, 2.75) is 32.5 Å². The zero-order chi connectivity index (χ0) is 21.0. The van der Waals surface area contributed by atoms with Crippen molar-refractivity contribution in [1.29, 1.82) is 0 Å². The van der Waals surface area contributed by atoms with E-state index in [1.807, 2.05) is 25.1 Å². The Morgan fingerprint density at radius 1 is 1.38 bits per heavy atom. The Bertz CT molecular complexity index is 833. The van der Waals surface area contributed by atoms with E-state index in [2.05, 4.69) is 51.9 Å². The minimum Gasteiger partial charge on any atom is -0.472 e. The summed E-state index contributed by atoms with van der Waals surface area (Å²) < 4.78 is 6.98. The molecule has 3 atom stereocenters. The van der Waals surface area contributed by atoms with Gasteiger partial charge >= 0.3 is 0 Å². The predicted octanol–water partition coefficient (Wildman–Crippen LogP) is 3.20. The Balaban J connectivity index is 1.85. The van der Waals surface area contributed by atoms with Crippen LogP contribution in [-0.4, -0.2) is 64.7 Å². The number of fused-ring (bicyclic) bond motifs is 1. The smallest absolute Gasteiger partial charge is 0.259 e. The van der Waals surface area contributed by atoms with Crippen molar-refractivity contribution in [2.24, 2.45) is 5.92 Å². The molecule has 0 bridgehead atoms. The van der Waals surface area contributed by atoms with E-state index in [1.54, 1.807) is 17.2 Å². The van der Waals surface area contributed by atoms with E-state index >= 15 is 0 Å². The minimum absolute atomic E-state index is 0.0739. The summed E-state index contributed by atoms with van der Waals surface area (Å²) in [7, 11) is 2.07. The molecular formula is C22H28BrN3O3. The summed E-state index contributed by atoms with van der Waals surface area (Å²) in [6, 6.07) is 11.8. The topological polar surface area (TPSA) is 65.9 Å². The zero-order valence-electron chi connectivity index (χ0n) is 17.1. The second kappa shape index (κ2) is 9.69. The van der Waals surface area contributed by atoms with Crippen LogP contribution in [0.5, 0.6) is 5.88 Å². The van der Waals surface area contributed by atoms with Crippen LogP contribution in [0.4, 0.5) is 0 Å². The Morgan fingerprint density at radius 3 is 2.79 bits per heavy atom. The molecule has 0 saturated carbocycles. The van der Waals surface area contributed by atoms with E-state index in [9.17, 15) is 9.90 Å². The average Bonchev–Trinajstić information content (AvgIpc) is 2.71. The lowest BCUT2D eigenvalue weighted by atomic mass is 10.00. The molecule has 0 radical (unpaired) electrons. The van der Waals surface area contributed by atoms with Crippen LogP contribution in [-0.2, 0) is 6.54 Å². The van der Waals surface area contributed by atoms with Gasteiger partial charge in [0.1, 0.15) is 11.7 Å². The number of hydrogen-bond acceptors (Lipinski definition) is 5. The van der Waals surface area contributed by atoms with Gasteiger partial charge in [-0.2, -0.15) is 0 Å². The summed E-state index contributed by atoms with van der Waals surface area (Å²) in [5.41, 5.74) is 1.66. The Morgan fingerprint density at radius 2 is 2.10 bits per heavy atom. The molecule has 2 aromatic rings. The minimum atomic E-state index is -0.280. The van der Waals surface area contributed by atoms with Crippen molar-refractivity contribution in [2.75, 3.05) is 26.7 Å². The molecule has 1 amide bonds. The number of aliphatic hydroxyl groups is 1. The van der Waals surface area contributed by atoms with Gasteiger partial charge in [0.15, 0.2) is 0 Å². The highest BCUT2D eigenvalue weighted by molar-refractivity contribution is 9.10. The maximum atomic E-state index is 13.1. The second-order valence-corrected chi connectivity index (χ2v) is 8.73. The molecule has 1 N–H and O–H groups in total. The lowest BCUT2D eigenvalue weighted by Crippen LogP contribution is -2.49. The summed E-state index contributed by atoms with van der Waals surface area (Å²) in [6.07, 6.45) is 1.50. The van der Waals surface area contributed by atoms with Gasteiger partial charge in [-0.15, -0.1) is 0 Å². The molecule has 156 valence electrons. The molecule has 0 spiro atoms. The predicted molar refractivity (Wildman–Crippen MR) is 116 cm³/mol. The summed E-state index contributed by atoms with van der Waals surface area (Å²) in [5, 5.41) is 9.67. The van der Waals surface area contributed by atoms with Gasteiger partial charge in [0, 0.05) is 36.2 Å². The summed E-state index contributed by atoms with van der Waals surface area (Å²) in [4.78, 5) is 21.4. The van der Waals surface area contributed by atoms with Crippen LogP contribution in [0.3, 0.4) is 0 Å². The molecule has 29 heavy (non-hydrogen) atoms. The molecule has 0 aliphatic carbocycles. The summed E-state index contributed by atoms with van der Waals surface area (Å²) in [6.45, 7) is 5.86. The zero-order valence-corrected chi connectivity index (χ0v) is 18.7. The van der Waals surface area contributed by atoms with Crippen LogP contribution < -0.4 is 4.74 Å². The van der Waals surface area contributed by atoms with Crippen LogP contribution in [0.2, 0.25) is 0 Å². The first-order chi connectivity index (χ1) is 13.9. The van der Waals surface area contributed by atoms with Crippen LogP contribution in [0, 0.1) is 5.92 Å².